The van der Waals surface area contributed by atoms with Crippen molar-refractivity contribution in [3.63, 3.8) is 0 Å². The monoisotopic (exact) mass is 395 g/mol. The molecule has 0 aliphatic carbocycles. The van der Waals surface area contributed by atoms with Gasteiger partial charge >= 0.3 is 0 Å². The molecule has 29 heavy (non-hydrogen) atoms. The number of aryl methyl sites for hydroxylation is 1. The number of piperidine rings is 1. The first-order valence-electron chi connectivity index (χ1n) is 9.96. The van der Waals surface area contributed by atoms with Crippen LogP contribution in [0.2, 0.25) is 0 Å². The molecule has 1 saturated heterocycles. The Morgan fingerprint density at radius 2 is 2.24 bits per heavy atom. The summed E-state index contributed by atoms with van der Waals surface area (Å²) in [7, 11) is 1.82. The molecule has 1 amide bonds. The van der Waals surface area contributed by atoms with Gasteiger partial charge < -0.3 is 18.7 Å². The SMILES string of the molecule is CCc1nc(-c2cccnc2N2CCC[C@H](C(=O)N(C)Cc3ccco3)C2)no1. The van der Waals surface area contributed by atoms with Crippen molar-refractivity contribution in [2.24, 2.45) is 5.92 Å². The molecule has 4 rings (SSSR count). The van der Waals surface area contributed by atoms with Crippen LogP contribution < -0.4 is 4.90 Å². The summed E-state index contributed by atoms with van der Waals surface area (Å²) in [6.07, 6.45) is 5.86. The zero-order valence-electron chi connectivity index (χ0n) is 16.7. The Morgan fingerprint density at radius 1 is 1.34 bits per heavy atom. The zero-order valence-corrected chi connectivity index (χ0v) is 16.7. The Kier molecular flexibility index (Phi) is 5.59. The van der Waals surface area contributed by atoms with Gasteiger partial charge in [0.25, 0.3) is 0 Å². The summed E-state index contributed by atoms with van der Waals surface area (Å²) >= 11 is 0. The second-order valence-corrected chi connectivity index (χ2v) is 7.30. The molecule has 0 saturated carbocycles. The average Bonchev–Trinajstić information content (AvgIpc) is 3.45. The van der Waals surface area contributed by atoms with Crippen LogP contribution in [0, 0.1) is 5.92 Å². The number of hydrogen-bond acceptors (Lipinski definition) is 7. The summed E-state index contributed by atoms with van der Waals surface area (Å²) in [4.78, 5) is 25.9. The number of aromatic nitrogens is 3. The highest BCUT2D eigenvalue weighted by Gasteiger charge is 2.30. The largest absolute Gasteiger partial charge is 0.467 e. The quantitative estimate of drug-likeness (QED) is 0.633. The van der Waals surface area contributed by atoms with Crippen molar-refractivity contribution < 1.29 is 13.7 Å². The van der Waals surface area contributed by atoms with Crippen LogP contribution in [0.15, 0.2) is 45.7 Å². The van der Waals surface area contributed by atoms with E-state index in [4.69, 9.17) is 8.94 Å². The number of hydrogen-bond donors (Lipinski definition) is 0. The van der Waals surface area contributed by atoms with Gasteiger partial charge in [-0.15, -0.1) is 0 Å². The summed E-state index contributed by atoms with van der Waals surface area (Å²) in [5.74, 6) is 2.74. The lowest BCUT2D eigenvalue weighted by Crippen LogP contribution is -2.44. The maximum absolute atomic E-state index is 13.0. The van der Waals surface area contributed by atoms with E-state index in [2.05, 4.69) is 20.0 Å². The highest BCUT2D eigenvalue weighted by atomic mass is 16.5. The lowest BCUT2D eigenvalue weighted by Gasteiger charge is -2.35. The molecule has 0 unspecified atom stereocenters. The van der Waals surface area contributed by atoms with Gasteiger partial charge in [-0.1, -0.05) is 12.1 Å². The lowest BCUT2D eigenvalue weighted by atomic mass is 9.96. The standard InChI is InChI=1S/C21H25N5O3/c1-3-18-23-19(24-29-18)17-9-4-10-22-20(17)26-11-5-7-15(13-26)21(27)25(2)14-16-8-6-12-28-16/h4,6,8-10,12,15H,3,5,7,11,13-14H2,1-2H3/t15-/m0/s1. The van der Waals surface area contributed by atoms with Gasteiger partial charge in [0.05, 0.1) is 24.3 Å². The van der Waals surface area contributed by atoms with E-state index in [0.29, 0.717) is 31.2 Å². The van der Waals surface area contributed by atoms with Crippen molar-refractivity contribution in [1.82, 2.24) is 20.0 Å². The molecule has 1 aliphatic heterocycles. The summed E-state index contributed by atoms with van der Waals surface area (Å²) < 4.78 is 10.6. The van der Waals surface area contributed by atoms with Crippen molar-refractivity contribution in [2.45, 2.75) is 32.7 Å². The maximum atomic E-state index is 13.0. The molecule has 3 aromatic heterocycles. The van der Waals surface area contributed by atoms with E-state index in [9.17, 15) is 4.79 Å². The van der Waals surface area contributed by atoms with Crippen LogP contribution in [0.1, 0.15) is 31.4 Å². The molecule has 1 fully saturated rings. The normalized spacial score (nSPS) is 16.8. The van der Waals surface area contributed by atoms with Crippen molar-refractivity contribution in [3.8, 4) is 11.4 Å². The van der Waals surface area contributed by atoms with Gasteiger partial charge in [0.1, 0.15) is 11.6 Å². The topological polar surface area (TPSA) is 88.5 Å². The van der Waals surface area contributed by atoms with Crippen LogP contribution in [-0.2, 0) is 17.8 Å². The second kappa shape index (κ2) is 8.46. The molecule has 0 spiro atoms. The fraction of sp³-hybridized carbons (Fsp3) is 0.429. The van der Waals surface area contributed by atoms with Crippen LogP contribution in [0.4, 0.5) is 5.82 Å². The minimum absolute atomic E-state index is 0.0879. The van der Waals surface area contributed by atoms with Gasteiger partial charge in [-0.05, 0) is 37.1 Å². The summed E-state index contributed by atoms with van der Waals surface area (Å²) in [6, 6.07) is 7.53. The van der Waals surface area contributed by atoms with Crippen molar-refractivity contribution in [3.05, 3.63) is 48.4 Å². The number of pyridine rings is 1. The minimum atomic E-state index is -0.0879. The lowest BCUT2D eigenvalue weighted by molar-refractivity contribution is -0.135. The number of furan rings is 1. The number of amides is 1. The Morgan fingerprint density at radius 3 is 3.00 bits per heavy atom. The molecule has 8 heteroatoms. The Bertz CT molecular complexity index is 953. The van der Waals surface area contributed by atoms with Crippen LogP contribution >= 0.6 is 0 Å². The number of carbonyl (C=O) groups excluding carboxylic acids is 1. The molecule has 0 N–H and O–H groups in total. The van der Waals surface area contributed by atoms with Gasteiger partial charge in [-0.2, -0.15) is 4.98 Å². The summed E-state index contributed by atoms with van der Waals surface area (Å²) in [6.45, 7) is 3.90. The third-order valence-corrected chi connectivity index (χ3v) is 5.22. The zero-order chi connectivity index (χ0) is 20.2. The van der Waals surface area contributed by atoms with Gasteiger partial charge in [-0.3, -0.25) is 4.79 Å². The molecular formula is C21H25N5O3. The number of anilines is 1. The van der Waals surface area contributed by atoms with E-state index in [1.54, 1.807) is 17.4 Å². The predicted molar refractivity (Wildman–Crippen MR) is 107 cm³/mol. The van der Waals surface area contributed by atoms with E-state index in [1.165, 1.54) is 0 Å². The molecule has 1 atom stereocenters. The number of rotatable bonds is 6. The third kappa shape index (κ3) is 4.16. The molecular weight excluding hydrogens is 370 g/mol. The Hall–Kier alpha value is -3.16. The van der Waals surface area contributed by atoms with Crippen LogP contribution in [0.25, 0.3) is 11.4 Å². The first kappa shape index (κ1) is 19.2. The maximum Gasteiger partial charge on any atom is 0.227 e. The number of nitrogens with zero attached hydrogens (tertiary/aromatic N) is 5. The molecule has 0 aromatic carbocycles. The first-order chi connectivity index (χ1) is 14.2. The molecule has 0 radical (unpaired) electrons. The van der Waals surface area contributed by atoms with Crippen molar-refractivity contribution >= 4 is 11.7 Å². The summed E-state index contributed by atoms with van der Waals surface area (Å²) in [5, 5.41) is 4.10. The molecule has 8 nitrogen and oxygen atoms in total. The Balaban J connectivity index is 1.51. The molecule has 0 bridgehead atoms. The van der Waals surface area contributed by atoms with Gasteiger partial charge in [-0.25, -0.2) is 4.98 Å². The summed E-state index contributed by atoms with van der Waals surface area (Å²) in [5.41, 5.74) is 0.827. The van der Waals surface area contributed by atoms with Crippen LogP contribution in [0.3, 0.4) is 0 Å². The molecule has 4 heterocycles. The first-order valence-corrected chi connectivity index (χ1v) is 9.96. The average molecular weight is 395 g/mol. The van der Waals surface area contributed by atoms with E-state index in [0.717, 1.165) is 36.5 Å². The van der Waals surface area contributed by atoms with Gasteiger partial charge in [0.15, 0.2) is 0 Å². The second-order valence-electron chi connectivity index (χ2n) is 7.30. The van der Waals surface area contributed by atoms with Crippen LogP contribution in [0.5, 0.6) is 0 Å². The molecule has 1 aliphatic rings. The van der Waals surface area contributed by atoms with E-state index >= 15 is 0 Å². The van der Waals surface area contributed by atoms with E-state index in [-0.39, 0.29) is 11.8 Å². The predicted octanol–water partition coefficient (Wildman–Crippen LogP) is 3.16. The molecule has 3 aromatic rings. The van der Waals surface area contributed by atoms with Crippen molar-refractivity contribution in [1.29, 1.82) is 0 Å². The number of carbonyl (C=O) groups is 1. The van der Waals surface area contributed by atoms with Crippen molar-refractivity contribution in [2.75, 3.05) is 25.0 Å². The fourth-order valence-corrected chi connectivity index (χ4v) is 3.73. The molecule has 152 valence electrons. The minimum Gasteiger partial charge on any atom is -0.467 e. The smallest absolute Gasteiger partial charge is 0.227 e. The van der Waals surface area contributed by atoms with Crippen LogP contribution in [-0.4, -0.2) is 46.1 Å². The van der Waals surface area contributed by atoms with E-state index < -0.39 is 0 Å². The Labute approximate surface area is 169 Å². The highest BCUT2D eigenvalue weighted by Crippen LogP contribution is 2.30. The van der Waals surface area contributed by atoms with E-state index in [1.807, 2.05) is 38.2 Å². The highest BCUT2D eigenvalue weighted by molar-refractivity contribution is 5.80. The van der Waals surface area contributed by atoms with Gasteiger partial charge in [0, 0.05) is 32.8 Å². The fourth-order valence-electron chi connectivity index (χ4n) is 3.73. The van der Waals surface area contributed by atoms with Gasteiger partial charge in [0.2, 0.25) is 17.6 Å². The third-order valence-electron chi connectivity index (χ3n) is 5.22.